The van der Waals surface area contributed by atoms with Crippen molar-refractivity contribution in [2.24, 2.45) is 0 Å². The summed E-state index contributed by atoms with van der Waals surface area (Å²) in [5.41, 5.74) is 6.43. The minimum Gasteiger partial charge on any atom is -0.338 e. The van der Waals surface area contributed by atoms with Crippen LogP contribution in [-0.4, -0.2) is 22.1 Å². The van der Waals surface area contributed by atoms with Gasteiger partial charge in [0.15, 0.2) is 0 Å². The quantitative estimate of drug-likeness (QED) is 0.291. The van der Waals surface area contributed by atoms with E-state index in [0.29, 0.717) is 6.54 Å². The van der Waals surface area contributed by atoms with Gasteiger partial charge in [0, 0.05) is 24.3 Å². The molecule has 174 valence electrons. The van der Waals surface area contributed by atoms with Crippen LogP contribution in [-0.2, 0) is 19.3 Å². The molecule has 0 bridgehead atoms. The molecule has 2 N–H and O–H groups in total. The number of nitrogens with one attached hydrogen (secondary N) is 2. The lowest BCUT2D eigenvalue weighted by atomic mass is 10.1. The standard InChI is InChI=1S/C30H28N4O/c35-30(31-22-21-23-9-3-1-4-10-23)32-25-18-15-24(16-19-25)17-20-29-33-27-13-7-8-14-28(27)34(29)26-11-5-2-6-12-26/h1-16,18-19H,17,20-22H2,(H2,31,32,35). The Kier molecular flexibility index (Phi) is 6.85. The number of benzene rings is 4. The van der Waals surface area contributed by atoms with Gasteiger partial charge in [0.25, 0.3) is 0 Å². The van der Waals surface area contributed by atoms with E-state index < -0.39 is 0 Å². The Balaban J connectivity index is 1.19. The fourth-order valence-corrected chi connectivity index (χ4v) is 4.26. The Morgan fingerprint density at radius 1 is 0.686 bits per heavy atom. The van der Waals surface area contributed by atoms with Gasteiger partial charge >= 0.3 is 6.03 Å². The molecule has 0 aliphatic carbocycles. The van der Waals surface area contributed by atoms with Crippen molar-refractivity contribution in [2.45, 2.75) is 19.3 Å². The van der Waals surface area contributed by atoms with E-state index in [0.717, 1.165) is 47.5 Å². The first kappa shape index (κ1) is 22.4. The molecule has 0 radical (unpaired) electrons. The van der Waals surface area contributed by atoms with Crippen molar-refractivity contribution in [1.82, 2.24) is 14.9 Å². The van der Waals surface area contributed by atoms with E-state index in [2.05, 4.69) is 81.9 Å². The van der Waals surface area contributed by atoms with E-state index in [9.17, 15) is 4.79 Å². The monoisotopic (exact) mass is 460 g/mol. The normalized spacial score (nSPS) is 10.9. The average Bonchev–Trinajstić information content (AvgIpc) is 3.28. The average molecular weight is 461 g/mol. The smallest absolute Gasteiger partial charge is 0.319 e. The number of anilines is 1. The highest BCUT2D eigenvalue weighted by atomic mass is 16.2. The molecule has 0 unspecified atom stereocenters. The second kappa shape index (κ2) is 10.7. The van der Waals surface area contributed by atoms with Crippen LogP contribution in [0.4, 0.5) is 10.5 Å². The number of aromatic nitrogens is 2. The molecule has 0 aliphatic rings. The number of aryl methyl sites for hydroxylation is 2. The maximum absolute atomic E-state index is 12.2. The first-order valence-electron chi connectivity index (χ1n) is 12.0. The molecular weight excluding hydrogens is 432 g/mol. The number of nitrogens with zero attached hydrogens (tertiary/aromatic N) is 2. The molecule has 4 aromatic carbocycles. The van der Waals surface area contributed by atoms with Crippen LogP contribution in [0.3, 0.4) is 0 Å². The third-order valence-electron chi connectivity index (χ3n) is 6.04. The zero-order valence-corrected chi connectivity index (χ0v) is 19.5. The summed E-state index contributed by atoms with van der Waals surface area (Å²) >= 11 is 0. The Bertz CT molecular complexity index is 1390. The van der Waals surface area contributed by atoms with Crippen LogP contribution in [0.5, 0.6) is 0 Å². The summed E-state index contributed by atoms with van der Waals surface area (Å²) in [6.45, 7) is 0.594. The first-order valence-corrected chi connectivity index (χ1v) is 12.0. The molecule has 0 saturated carbocycles. The highest BCUT2D eigenvalue weighted by molar-refractivity contribution is 5.89. The fraction of sp³-hybridized carbons (Fsp3) is 0.133. The van der Waals surface area contributed by atoms with E-state index >= 15 is 0 Å². The molecule has 5 aromatic rings. The number of rotatable bonds is 8. The van der Waals surface area contributed by atoms with Crippen molar-refractivity contribution >= 4 is 22.8 Å². The third-order valence-corrected chi connectivity index (χ3v) is 6.04. The zero-order chi connectivity index (χ0) is 23.9. The molecule has 2 amide bonds. The lowest BCUT2D eigenvalue weighted by Gasteiger charge is -2.10. The summed E-state index contributed by atoms with van der Waals surface area (Å²) in [5, 5.41) is 5.83. The van der Waals surface area contributed by atoms with Crippen LogP contribution >= 0.6 is 0 Å². The number of carbonyl (C=O) groups excluding carboxylic acids is 1. The molecule has 0 spiro atoms. The molecule has 0 aliphatic heterocycles. The summed E-state index contributed by atoms with van der Waals surface area (Å²) in [6.07, 6.45) is 2.48. The lowest BCUT2D eigenvalue weighted by molar-refractivity contribution is 0.252. The highest BCUT2D eigenvalue weighted by Gasteiger charge is 2.12. The number of para-hydroxylation sites is 3. The summed E-state index contributed by atoms with van der Waals surface area (Å²) in [7, 11) is 0. The minimum absolute atomic E-state index is 0.190. The van der Waals surface area contributed by atoms with E-state index in [-0.39, 0.29) is 6.03 Å². The number of hydrogen-bond acceptors (Lipinski definition) is 2. The minimum atomic E-state index is -0.190. The Morgan fingerprint density at radius 3 is 2.11 bits per heavy atom. The number of carbonyl (C=O) groups is 1. The van der Waals surface area contributed by atoms with Crippen molar-refractivity contribution in [3.63, 3.8) is 0 Å². The van der Waals surface area contributed by atoms with Gasteiger partial charge in [-0.15, -0.1) is 0 Å². The SMILES string of the molecule is O=C(NCCc1ccccc1)Nc1ccc(CCc2nc3ccccc3n2-c2ccccc2)cc1. The molecule has 5 rings (SSSR count). The predicted molar refractivity (Wildman–Crippen MR) is 142 cm³/mol. The van der Waals surface area contributed by atoms with Crippen molar-refractivity contribution in [3.05, 3.63) is 126 Å². The topological polar surface area (TPSA) is 59.0 Å². The molecule has 1 heterocycles. The Morgan fingerprint density at radius 2 is 1.34 bits per heavy atom. The highest BCUT2D eigenvalue weighted by Crippen LogP contribution is 2.23. The van der Waals surface area contributed by atoms with E-state index in [4.69, 9.17) is 4.98 Å². The van der Waals surface area contributed by atoms with Gasteiger partial charge < -0.3 is 10.6 Å². The van der Waals surface area contributed by atoms with E-state index in [1.165, 1.54) is 11.1 Å². The molecule has 5 nitrogen and oxygen atoms in total. The van der Waals surface area contributed by atoms with Crippen molar-refractivity contribution in [2.75, 3.05) is 11.9 Å². The second-order valence-corrected chi connectivity index (χ2v) is 8.50. The van der Waals surface area contributed by atoms with E-state index in [1.807, 2.05) is 42.5 Å². The maximum atomic E-state index is 12.2. The van der Waals surface area contributed by atoms with Crippen LogP contribution in [0.25, 0.3) is 16.7 Å². The fourth-order valence-electron chi connectivity index (χ4n) is 4.26. The van der Waals surface area contributed by atoms with Gasteiger partial charge in [0.2, 0.25) is 0 Å². The van der Waals surface area contributed by atoms with Gasteiger partial charge in [-0.2, -0.15) is 0 Å². The van der Waals surface area contributed by atoms with E-state index in [1.54, 1.807) is 0 Å². The molecule has 5 heteroatoms. The van der Waals surface area contributed by atoms with Crippen LogP contribution in [0.1, 0.15) is 17.0 Å². The van der Waals surface area contributed by atoms with Crippen molar-refractivity contribution < 1.29 is 4.79 Å². The van der Waals surface area contributed by atoms with Gasteiger partial charge in [-0.1, -0.05) is 72.8 Å². The number of amides is 2. The summed E-state index contributed by atoms with van der Waals surface area (Å²) in [5.74, 6) is 1.04. The number of fused-ring (bicyclic) bond motifs is 1. The van der Waals surface area contributed by atoms with Crippen LogP contribution in [0.15, 0.2) is 109 Å². The summed E-state index contributed by atoms with van der Waals surface area (Å²) in [4.78, 5) is 17.1. The number of imidazole rings is 1. The first-order chi connectivity index (χ1) is 17.3. The van der Waals surface area contributed by atoms with Gasteiger partial charge in [0.05, 0.1) is 11.0 Å². The summed E-state index contributed by atoms with van der Waals surface area (Å²) < 4.78 is 2.24. The summed E-state index contributed by atoms with van der Waals surface area (Å²) in [6, 6.07) is 36.6. The van der Waals surface area contributed by atoms with Gasteiger partial charge in [-0.25, -0.2) is 9.78 Å². The van der Waals surface area contributed by atoms with Gasteiger partial charge in [-0.3, -0.25) is 4.57 Å². The van der Waals surface area contributed by atoms with Crippen LogP contribution in [0, 0.1) is 0 Å². The molecule has 0 saturated heterocycles. The van der Waals surface area contributed by atoms with Gasteiger partial charge in [0.1, 0.15) is 5.82 Å². The van der Waals surface area contributed by atoms with Crippen LogP contribution < -0.4 is 10.6 Å². The number of urea groups is 1. The van der Waals surface area contributed by atoms with Crippen molar-refractivity contribution in [1.29, 1.82) is 0 Å². The molecular formula is C30H28N4O. The Labute approximate surface area is 205 Å². The largest absolute Gasteiger partial charge is 0.338 e. The number of hydrogen-bond donors (Lipinski definition) is 2. The zero-order valence-electron chi connectivity index (χ0n) is 19.5. The van der Waals surface area contributed by atoms with Gasteiger partial charge in [-0.05, 0) is 60.4 Å². The van der Waals surface area contributed by atoms with Crippen LogP contribution in [0.2, 0.25) is 0 Å². The molecule has 1 aromatic heterocycles. The third kappa shape index (κ3) is 5.58. The second-order valence-electron chi connectivity index (χ2n) is 8.50. The van der Waals surface area contributed by atoms with Crippen molar-refractivity contribution in [3.8, 4) is 5.69 Å². The lowest BCUT2D eigenvalue weighted by Crippen LogP contribution is -2.30. The maximum Gasteiger partial charge on any atom is 0.319 e. The Hall–Kier alpha value is -4.38. The molecule has 35 heavy (non-hydrogen) atoms. The predicted octanol–water partition coefficient (Wildman–Crippen LogP) is 6.17. The molecule has 0 fully saturated rings. The molecule has 0 atom stereocenters.